The SMILES string of the molecule is CC(C)(C)Cc1cc(F)c2c(c1)NC(=O)C21CNC(C(=O)Nc2ccc(C(N)=O)cc2)C1. The van der Waals surface area contributed by atoms with E-state index in [9.17, 15) is 14.4 Å². The van der Waals surface area contributed by atoms with Crippen LogP contribution in [0.3, 0.4) is 0 Å². The molecule has 7 nitrogen and oxygen atoms in total. The van der Waals surface area contributed by atoms with E-state index in [-0.39, 0.29) is 30.2 Å². The molecule has 2 atom stereocenters. The lowest BCUT2D eigenvalue weighted by molar-refractivity contribution is -0.120. The monoisotopic (exact) mass is 438 g/mol. The second-order valence-electron chi connectivity index (χ2n) is 9.84. The van der Waals surface area contributed by atoms with Crippen LogP contribution in [0.15, 0.2) is 36.4 Å². The molecule has 4 rings (SSSR count). The standard InChI is InChI=1S/C24H27FN4O3/c1-23(2,3)10-13-8-16(25)19-17(9-13)29-22(32)24(19)11-18(27-12-24)21(31)28-15-6-4-14(5-7-15)20(26)30/h4-9,18,27H,10-12H2,1-3H3,(H2,26,30)(H,28,31)(H,29,32). The van der Waals surface area contributed by atoms with Crippen molar-refractivity contribution < 1.29 is 18.8 Å². The predicted octanol–water partition coefficient (Wildman–Crippen LogP) is 2.70. The highest BCUT2D eigenvalue weighted by molar-refractivity contribution is 6.08. The van der Waals surface area contributed by atoms with Gasteiger partial charge in [0.25, 0.3) is 0 Å². The first-order valence-corrected chi connectivity index (χ1v) is 10.6. The highest BCUT2D eigenvalue weighted by Gasteiger charge is 2.54. The Balaban J connectivity index is 1.54. The molecular formula is C24H27FN4O3. The number of hydrogen-bond acceptors (Lipinski definition) is 4. The maximum Gasteiger partial charge on any atom is 0.248 e. The minimum absolute atomic E-state index is 0.0191. The van der Waals surface area contributed by atoms with Crippen molar-refractivity contribution in [3.63, 3.8) is 0 Å². The molecule has 1 spiro atoms. The van der Waals surface area contributed by atoms with Crippen molar-refractivity contribution in [2.75, 3.05) is 17.2 Å². The first kappa shape index (κ1) is 22.0. The minimum Gasteiger partial charge on any atom is -0.366 e. The lowest BCUT2D eigenvalue weighted by Crippen LogP contribution is -2.37. The Bertz CT molecular complexity index is 1110. The molecule has 32 heavy (non-hydrogen) atoms. The van der Waals surface area contributed by atoms with Gasteiger partial charge in [0.05, 0.1) is 11.5 Å². The Hall–Kier alpha value is -3.26. The number of fused-ring (bicyclic) bond motifs is 2. The van der Waals surface area contributed by atoms with Crippen molar-refractivity contribution in [2.24, 2.45) is 11.1 Å². The van der Waals surface area contributed by atoms with Crippen LogP contribution >= 0.6 is 0 Å². The summed E-state index contributed by atoms with van der Waals surface area (Å²) in [6.45, 7) is 6.39. The van der Waals surface area contributed by atoms with Crippen LogP contribution in [0.5, 0.6) is 0 Å². The third-order valence-electron chi connectivity index (χ3n) is 6.00. The van der Waals surface area contributed by atoms with Crippen molar-refractivity contribution in [2.45, 2.75) is 45.1 Å². The number of amides is 3. The molecule has 0 saturated carbocycles. The van der Waals surface area contributed by atoms with Crippen LogP contribution in [0, 0.1) is 11.2 Å². The van der Waals surface area contributed by atoms with Crippen LogP contribution in [0.25, 0.3) is 0 Å². The smallest absolute Gasteiger partial charge is 0.248 e. The van der Waals surface area contributed by atoms with Gasteiger partial charge in [-0.25, -0.2) is 4.39 Å². The highest BCUT2D eigenvalue weighted by Crippen LogP contribution is 2.45. The van der Waals surface area contributed by atoms with Crippen molar-refractivity contribution in [1.82, 2.24) is 5.32 Å². The molecule has 1 saturated heterocycles. The van der Waals surface area contributed by atoms with Gasteiger partial charge in [0.2, 0.25) is 17.7 Å². The van der Waals surface area contributed by atoms with Gasteiger partial charge in [-0.15, -0.1) is 0 Å². The second kappa shape index (κ2) is 7.70. The zero-order valence-corrected chi connectivity index (χ0v) is 18.3. The van der Waals surface area contributed by atoms with E-state index < -0.39 is 23.2 Å². The largest absolute Gasteiger partial charge is 0.366 e. The van der Waals surface area contributed by atoms with E-state index >= 15 is 4.39 Å². The molecule has 0 aliphatic carbocycles. The molecule has 2 aromatic rings. The van der Waals surface area contributed by atoms with Gasteiger partial charge in [0, 0.05) is 29.0 Å². The number of primary amides is 1. The average Bonchev–Trinajstić information content (AvgIpc) is 3.24. The summed E-state index contributed by atoms with van der Waals surface area (Å²) >= 11 is 0. The summed E-state index contributed by atoms with van der Waals surface area (Å²) in [6, 6.07) is 8.87. The lowest BCUT2D eigenvalue weighted by atomic mass is 9.78. The average molecular weight is 439 g/mol. The van der Waals surface area contributed by atoms with Gasteiger partial charge < -0.3 is 21.7 Å². The molecule has 0 aromatic heterocycles. The third-order valence-corrected chi connectivity index (χ3v) is 6.00. The summed E-state index contributed by atoms with van der Waals surface area (Å²) < 4.78 is 15.2. The first-order chi connectivity index (χ1) is 15.0. The van der Waals surface area contributed by atoms with Crippen LogP contribution in [0.1, 0.15) is 48.7 Å². The van der Waals surface area contributed by atoms with E-state index in [1.807, 2.05) is 6.07 Å². The fraction of sp³-hybridized carbons (Fsp3) is 0.375. The van der Waals surface area contributed by atoms with Crippen molar-refractivity contribution in [1.29, 1.82) is 0 Å². The van der Waals surface area contributed by atoms with Crippen molar-refractivity contribution in [3.05, 3.63) is 58.9 Å². The van der Waals surface area contributed by atoms with Gasteiger partial charge in [0.15, 0.2) is 0 Å². The fourth-order valence-corrected chi connectivity index (χ4v) is 4.60. The van der Waals surface area contributed by atoms with E-state index in [1.165, 1.54) is 18.2 Å². The number of benzene rings is 2. The molecule has 2 unspecified atom stereocenters. The van der Waals surface area contributed by atoms with Crippen LogP contribution in [-0.4, -0.2) is 30.3 Å². The third kappa shape index (κ3) is 3.98. The summed E-state index contributed by atoms with van der Waals surface area (Å²) in [6.07, 6.45) is 0.824. The van der Waals surface area contributed by atoms with E-state index in [0.717, 1.165) is 5.56 Å². The summed E-state index contributed by atoms with van der Waals surface area (Å²) in [5, 5.41) is 8.67. The highest BCUT2D eigenvalue weighted by atomic mass is 19.1. The summed E-state index contributed by atoms with van der Waals surface area (Å²) in [4.78, 5) is 36.9. The minimum atomic E-state index is -1.13. The molecule has 8 heteroatoms. The molecule has 0 bridgehead atoms. The molecule has 3 amide bonds. The van der Waals surface area contributed by atoms with Crippen LogP contribution in [0.4, 0.5) is 15.8 Å². The molecule has 2 aliphatic rings. The quantitative estimate of drug-likeness (QED) is 0.588. The molecule has 0 radical (unpaired) electrons. The van der Waals surface area contributed by atoms with E-state index in [4.69, 9.17) is 5.73 Å². The maximum absolute atomic E-state index is 15.2. The Morgan fingerprint density at radius 1 is 1.22 bits per heavy atom. The van der Waals surface area contributed by atoms with Gasteiger partial charge in [0.1, 0.15) is 5.82 Å². The number of carbonyl (C=O) groups excluding carboxylic acids is 3. The Labute approximate surface area is 185 Å². The molecule has 1 fully saturated rings. The number of halogens is 1. The van der Waals surface area contributed by atoms with Crippen LogP contribution in [-0.2, 0) is 21.4 Å². The number of nitrogens with one attached hydrogen (secondary N) is 3. The number of anilines is 2. The molecule has 2 aliphatic heterocycles. The van der Waals surface area contributed by atoms with Crippen molar-refractivity contribution >= 4 is 29.1 Å². The summed E-state index contributed by atoms with van der Waals surface area (Å²) in [5.41, 5.74) is 6.55. The number of nitrogens with two attached hydrogens (primary N) is 1. The first-order valence-electron chi connectivity index (χ1n) is 10.6. The predicted molar refractivity (Wildman–Crippen MR) is 120 cm³/mol. The van der Waals surface area contributed by atoms with Gasteiger partial charge in [-0.05, 0) is 60.2 Å². The van der Waals surface area contributed by atoms with Crippen LogP contribution < -0.4 is 21.7 Å². The van der Waals surface area contributed by atoms with Gasteiger partial charge in [-0.3, -0.25) is 14.4 Å². The molecule has 5 N–H and O–H groups in total. The number of carbonyl (C=O) groups is 3. The summed E-state index contributed by atoms with van der Waals surface area (Å²) in [5.74, 6) is -1.61. The lowest BCUT2D eigenvalue weighted by Gasteiger charge is -2.22. The Morgan fingerprint density at radius 2 is 1.91 bits per heavy atom. The van der Waals surface area contributed by atoms with E-state index in [2.05, 4.69) is 36.7 Å². The van der Waals surface area contributed by atoms with Gasteiger partial charge in [-0.2, -0.15) is 0 Å². The maximum atomic E-state index is 15.2. The molecule has 2 heterocycles. The normalized spacial score (nSPS) is 22.0. The molecule has 168 valence electrons. The number of rotatable bonds is 4. The zero-order valence-electron chi connectivity index (χ0n) is 18.3. The van der Waals surface area contributed by atoms with E-state index in [0.29, 0.717) is 28.9 Å². The fourth-order valence-electron chi connectivity index (χ4n) is 4.60. The van der Waals surface area contributed by atoms with Gasteiger partial charge >= 0.3 is 0 Å². The van der Waals surface area contributed by atoms with E-state index in [1.54, 1.807) is 12.1 Å². The zero-order chi connectivity index (χ0) is 23.3. The second-order valence-corrected chi connectivity index (χ2v) is 9.84. The van der Waals surface area contributed by atoms with Crippen molar-refractivity contribution in [3.8, 4) is 0 Å². The topological polar surface area (TPSA) is 113 Å². The van der Waals surface area contributed by atoms with Crippen LogP contribution in [0.2, 0.25) is 0 Å². The Morgan fingerprint density at radius 3 is 2.53 bits per heavy atom. The Kier molecular flexibility index (Phi) is 5.29. The summed E-state index contributed by atoms with van der Waals surface area (Å²) in [7, 11) is 0. The molecular weight excluding hydrogens is 411 g/mol. The molecule has 2 aromatic carbocycles. The van der Waals surface area contributed by atoms with Gasteiger partial charge in [-0.1, -0.05) is 20.8 Å². The number of hydrogen-bond donors (Lipinski definition) is 4.